The zero-order chi connectivity index (χ0) is 15.4. The normalized spacial score (nSPS) is 16.9. The highest BCUT2D eigenvalue weighted by Gasteiger charge is 2.22. The summed E-state index contributed by atoms with van der Waals surface area (Å²) in [6, 6.07) is 8.59. The van der Waals surface area contributed by atoms with Crippen LogP contribution in [0.1, 0.15) is 36.1 Å². The van der Waals surface area contributed by atoms with Gasteiger partial charge in [-0.05, 0) is 37.3 Å². The first-order valence-electron chi connectivity index (χ1n) is 7.28. The topological polar surface area (TPSA) is 64.1 Å². The number of fused-ring (bicyclic) bond motifs is 1. The second-order valence-corrected chi connectivity index (χ2v) is 7.34. The van der Waals surface area contributed by atoms with Gasteiger partial charge in [0.15, 0.2) is 4.34 Å². The molecule has 1 aliphatic rings. The van der Waals surface area contributed by atoms with Crippen molar-refractivity contribution in [1.29, 1.82) is 0 Å². The highest BCUT2D eigenvalue weighted by Crippen LogP contribution is 2.44. The summed E-state index contributed by atoms with van der Waals surface area (Å²) in [7, 11) is 0. The Bertz CT molecular complexity index is 660. The van der Waals surface area contributed by atoms with Gasteiger partial charge >= 0.3 is 6.09 Å². The molecule has 0 spiro atoms. The maximum atomic E-state index is 11.4. The van der Waals surface area contributed by atoms with Crippen molar-refractivity contribution in [3.05, 3.63) is 35.4 Å². The monoisotopic (exact) mass is 335 g/mol. The highest BCUT2D eigenvalue weighted by molar-refractivity contribution is 8.01. The molecule has 3 rings (SSSR count). The summed E-state index contributed by atoms with van der Waals surface area (Å²) in [5.74, 6) is 0. The Hall–Kier alpha value is -1.60. The van der Waals surface area contributed by atoms with Gasteiger partial charge in [0.1, 0.15) is 0 Å². The number of aryl methyl sites for hydroxylation is 1. The van der Waals surface area contributed by atoms with E-state index < -0.39 is 6.09 Å². The number of benzene rings is 1. The van der Waals surface area contributed by atoms with E-state index in [1.54, 1.807) is 18.7 Å². The lowest BCUT2D eigenvalue weighted by atomic mass is 9.91. The van der Waals surface area contributed by atoms with Crippen LogP contribution < -0.4 is 5.32 Å². The molecule has 0 bridgehead atoms. The smallest absolute Gasteiger partial charge is 0.413 e. The summed E-state index contributed by atoms with van der Waals surface area (Å²) in [5, 5.41) is 11.6. The number of carbonyl (C=O) groups is 1. The largest absolute Gasteiger partial charge is 0.450 e. The van der Waals surface area contributed by atoms with Crippen molar-refractivity contribution in [2.45, 2.75) is 35.8 Å². The molecule has 1 heterocycles. The SMILES string of the molecule is CCOC(=O)Nc1nnc(S[C@H]2CCCc3ccccc32)s1. The zero-order valence-corrected chi connectivity index (χ0v) is 13.9. The third-order valence-corrected chi connectivity index (χ3v) is 5.68. The Labute approximate surface area is 137 Å². The molecule has 0 fully saturated rings. The second kappa shape index (κ2) is 7.11. The van der Waals surface area contributed by atoms with Gasteiger partial charge in [-0.25, -0.2) is 4.79 Å². The minimum atomic E-state index is -0.488. The lowest BCUT2D eigenvalue weighted by Gasteiger charge is -2.23. The van der Waals surface area contributed by atoms with E-state index in [2.05, 4.69) is 39.8 Å². The molecule has 1 aromatic heterocycles. The maximum absolute atomic E-state index is 11.4. The summed E-state index contributed by atoms with van der Waals surface area (Å²) in [5.41, 5.74) is 2.83. The van der Waals surface area contributed by atoms with Crippen molar-refractivity contribution in [1.82, 2.24) is 10.2 Å². The third kappa shape index (κ3) is 3.59. The van der Waals surface area contributed by atoms with Crippen LogP contribution in [-0.4, -0.2) is 22.9 Å². The highest BCUT2D eigenvalue weighted by atomic mass is 32.2. The molecule has 2 aromatic rings. The summed E-state index contributed by atoms with van der Waals surface area (Å²) in [6.07, 6.45) is 3.00. The Morgan fingerprint density at radius 1 is 1.45 bits per heavy atom. The number of nitrogens with zero attached hydrogens (tertiary/aromatic N) is 2. The molecular weight excluding hydrogens is 318 g/mol. The number of thioether (sulfide) groups is 1. The Kier molecular flexibility index (Phi) is 4.94. The predicted octanol–water partition coefficient (Wildman–Crippen LogP) is 4.28. The van der Waals surface area contributed by atoms with Gasteiger partial charge in [-0.2, -0.15) is 0 Å². The molecule has 0 saturated carbocycles. The van der Waals surface area contributed by atoms with Crippen molar-refractivity contribution in [2.24, 2.45) is 0 Å². The fourth-order valence-electron chi connectivity index (χ4n) is 2.52. The zero-order valence-electron chi connectivity index (χ0n) is 12.2. The van der Waals surface area contributed by atoms with Crippen LogP contribution in [0.3, 0.4) is 0 Å². The fourth-order valence-corrected chi connectivity index (χ4v) is 4.73. The molecule has 1 aliphatic carbocycles. The third-order valence-electron chi connectivity index (χ3n) is 3.45. The van der Waals surface area contributed by atoms with Crippen molar-refractivity contribution in [3.8, 4) is 0 Å². The summed E-state index contributed by atoms with van der Waals surface area (Å²) in [6.45, 7) is 2.10. The average molecular weight is 335 g/mol. The van der Waals surface area contributed by atoms with E-state index in [9.17, 15) is 4.79 Å². The van der Waals surface area contributed by atoms with Crippen LogP contribution in [0.5, 0.6) is 0 Å². The van der Waals surface area contributed by atoms with E-state index in [1.807, 2.05) is 0 Å². The van der Waals surface area contributed by atoms with Crippen molar-refractivity contribution >= 4 is 34.3 Å². The van der Waals surface area contributed by atoms with Crippen LogP contribution in [0.2, 0.25) is 0 Å². The number of aromatic nitrogens is 2. The average Bonchev–Trinajstić information content (AvgIpc) is 2.95. The minimum Gasteiger partial charge on any atom is -0.450 e. The number of ether oxygens (including phenoxy) is 1. The molecule has 0 radical (unpaired) electrons. The molecule has 5 nitrogen and oxygen atoms in total. The fraction of sp³-hybridized carbons (Fsp3) is 0.400. The number of hydrogen-bond acceptors (Lipinski definition) is 6. The number of rotatable bonds is 4. The first kappa shape index (κ1) is 15.3. The van der Waals surface area contributed by atoms with Crippen LogP contribution in [0.4, 0.5) is 9.93 Å². The molecule has 1 aromatic carbocycles. The van der Waals surface area contributed by atoms with Gasteiger partial charge in [-0.1, -0.05) is 47.4 Å². The van der Waals surface area contributed by atoms with Gasteiger partial charge in [0, 0.05) is 5.25 Å². The Morgan fingerprint density at radius 3 is 3.18 bits per heavy atom. The number of nitrogens with one attached hydrogen (secondary N) is 1. The van der Waals surface area contributed by atoms with Crippen LogP contribution in [0, 0.1) is 0 Å². The molecule has 0 saturated heterocycles. The van der Waals surface area contributed by atoms with E-state index in [0.717, 1.165) is 17.2 Å². The molecule has 1 N–H and O–H groups in total. The minimum absolute atomic E-state index is 0.338. The number of anilines is 1. The predicted molar refractivity (Wildman–Crippen MR) is 88.5 cm³/mol. The van der Waals surface area contributed by atoms with Crippen molar-refractivity contribution in [3.63, 3.8) is 0 Å². The van der Waals surface area contributed by atoms with Crippen LogP contribution >= 0.6 is 23.1 Å². The Balaban J connectivity index is 1.67. The van der Waals surface area contributed by atoms with Crippen LogP contribution in [-0.2, 0) is 11.2 Å². The van der Waals surface area contributed by atoms with Gasteiger partial charge in [0.25, 0.3) is 0 Å². The first-order valence-corrected chi connectivity index (χ1v) is 8.97. The Morgan fingerprint density at radius 2 is 2.32 bits per heavy atom. The van der Waals surface area contributed by atoms with E-state index >= 15 is 0 Å². The van der Waals surface area contributed by atoms with Gasteiger partial charge in [0.2, 0.25) is 5.13 Å². The number of carbonyl (C=O) groups excluding carboxylic acids is 1. The molecule has 1 amide bonds. The van der Waals surface area contributed by atoms with E-state index in [-0.39, 0.29) is 0 Å². The maximum Gasteiger partial charge on any atom is 0.413 e. The number of hydrogen-bond donors (Lipinski definition) is 1. The molecule has 0 aliphatic heterocycles. The second-order valence-electron chi connectivity index (χ2n) is 4.92. The molecule has 0 unspecified atom stereocenters. The van der Waals surface area contributed by atoms with Gasteiger partial charge < -0.3 is 4.74 Å². The van der Waals surface area contributed by atoms with E-state index in [0.29, 0.717) is 17.0 Å². The van der Waals surface area contributed by atoms with Crippen molar-refractivity contribution in [2.75, 3.05) is 11.9 Å². The lowest BCUT2D eigenvalue weighted by molar-refractivity contribution is 0.168. The van der Waals surface area contributed by atoms with Gasteiger partial charge in [-0.3, -0.25) is 5.32 Å². The molecule has 1 atom stereocenters. The molecule has 7 heteroatoms. The van der Waals surface area contributed by atoms with Gasteiger partial charge in [-0.15, -0.1) is 10.2 Å². The molecule has 22 heavy (non-hydrogen) atoms. The quantitative estimate of drug-likeness (QED) is 0.845. The van der Waals surface area contributed by atoms with Gasteiger partial charge in [0.05, 0.1) is 6.61 Å². The summed E-state index contributed by atoms with van der Waals surface area (Å²) < 4.78 is 5.70. The lowest BCUT2D eigenvalue weighted by Crippen LogP contribution is -2.12. The first-order chi connectivity index (χ1) is 10.8. The standard InChI is InChI=1S/C15H17N3O2S2/c1-2-20-14(19)16-13-17-18-15(22-13)21-12-9-5-7-10-6-3-4-8-11(10)12/h3-4,6,8,12H,2,5,7,9H2,1H3,(H,16,17,19)/t12-/m0/s1. The van der Waals surface area contributed by atoms with Crippen LogP contribution in [0.25, 0.3) is 0 Å². The van der Waals surface area contributed by atoms with E-state index in [1.165, 1.54) is 28.9 Å². The summed E-state index contributed by atoms with van der Waals surface area (Å²) in [4.78, 5) is 11.4. The van der Waals surface area contributed by atoms with Crippen molar-refractivity contribution < 1.29 is 9.53 Å². The van der Waals surface area contributed by atoms with E-state index in [4.69, 9.17) is 4.74 Å². The molecular formula is C15H17N3O2S2. The summed E-state index contributed by atoms with van der Waals surface area (Å²) >= 11 is 3.11. The van der Waals surface area contributed by atoms with Crippen LogP contribution in [0.15, 0.2) is 28.6 Å². The number of amides is 1. The molecule has 116 valence electrons.